The van der Waals surface area contributed by atoms with E-state index in [1.807, 2.05) is 11.8 Å². The van der Waals surface area contributed by atoms with Crippen molar-refractivity contribution in [3.05, 3.63) is 16.8 Å². The number of ether oxygens (including phenoxy) is 1. The second-order valence-electron chi connectivity index (χ2n) is 7.53. The molecule has 2 aliphatic heterocycles. The van der Waals surface area contributed by atoms with Crippen LogP contribution < -0.4 is 5.32 Å². The molecule has 4 heterocycles. The van der Waals surface area contributed by atoms with Gasteiger partial charge in [0.1, 0.15) is 17.0 Å². The number of aromatic nitrogens is 2. The second-order valence-corrected chi connectivity index (χ2v) is 8.53. The van der Waals surface area contributed by atoms with Crippen LogP contribution in [0, 0.1) is 6.92 Å². The van der Waals surface area contributed by atoms with Gasteiger partial charge in [0, 0.05) is 26.2 Å². The number of carbonyl (C=O) groups is 1. The molecule has 0 saturated carbocycles. The third kappa shape index (κ3) is 4.09. The van der Waals surface area contributed by atoms with E-state index in [0.717, 1.165) is 78.4 Å². The molecule has 0 aromatic carbocycles. The molecule has 0 radical (unpaired) electrons. The van der Waals surface area contributed by atoms with E-state index in [9.17, 15) is 4.79 Å². The Hall–Kier alpha value is -1.73. The van der Waals surface area contributed by atoms with Crippen molar-refractivity contribution in [1.82, 2.24) is 14.9 Å². The Morgan fingerprint density at radius 3 is 2.74 bits per heavy atom. The molecule has 0 unspecified atom stereocenters. The average Bonchev–Trinajstić information content (AvgIpc) is 3.28. The Labute approximate surface area is 164 Å². The van der Waals surface area contributed by atoms with Gasteiger partial charge in [0.15, 0.2) is 0 Å². The molecule has 2 saturated heterocycles. The molecule has 1 N–H and O–H groups in total. The molecule has 1 atom stereocenters. The zero-order chi connectivity index (χ0) is 18.6. The predicted octanol–water partition coefficient (Wildman–Crippen LogP) is 4.00. The molecule has 4 rings (SSSR count). The number of nitrogens with zero attached hydrogens (tertiary/aromatic N) is 3. The van der Waals surface area contributed by atoms with Gasteiger partial charge in [-0.25, -0.2) is 9.97 Å². The fourth-order valence-corrected chi connectivity index (χ4v) is 5.14. The van der Waals surface area contributed by atoms with Crippen LogP contribution in [0.5, 0.6) is 0 Å². The molecule has 0 spiro atoms. The maximum Gasteiger partial charge on any atom is 0.264 e. The van der Waals surface area contributed by atoms with Gasteiger partial charge >= 0.3 is 0 Å². The van der Waals surface area contributed by atoms with E-state index in [1.165, 1.54) is 30.6 Å². The van der Waals surface area contributed by atoms with Gasteiger partial charge in [0.25, 0.3) is 5.91 Å². The summed E-state index contributed by atoms with van der Waals surface area (Å²) < 4.78 is 5.70. The smallest absolute Gasteiger partial charge is 0.264 e. The molecule has 1 amide bonds. The fourth-order valence-electron chi connectivity index (χ4n) is 4.02. The molecule has 0 bridgehead atoms. The summed E-state index contributed by atoms with van der Waals surface area (Å²) in [5.41, 5.74) is 0.998. The zero-order valence-electron chi connectivity index (χ0n) is 16.0. The zero-order valence-corrected chi connectivity index (χ0v) is 16.8. The molecule has 6 nitrogen and oxygen atoms in total. The maximum atomic E-state index is 13.2. The first-order chi connectivity index (χ1) is 13.2. The number of hydrogen-bond donors (Lipinski definition) is 1. The first kappa shape index (κ1) is 18.6. The highest BCUT2D eigenvalue weighted by Crippen LogP contribution is 2.34. The number of thiophene rings is 1. The highest BCUT2D eigenvalue weighted by Gasteiger charge is 2.24. The van der Waals surface area contributed by atoms with Gasteiger partial charge in [-0.2, -0.15) is 0 Å². The Bertz CT molecular complexity index is 793. The molecule has 2 aromatic rings. The molecular weight excluding hydrogens is 360 g/mol. The number of rotatable bonds is 4. The number of aryl methyl sites for hydroxylation is 1. The first-order valence-electron chi connectivity index (χ1n) is 10.1. The van der Waals surface area contributed by atoms with Gasteiger partial charge in [-0.15, -0.1) is 11.3 Å². The van der Waals surface area contributed by atoms with E-state index in [0.29, 0.717) is 0 Å². The van der Waals surface area contributed by atoms with E-state index in [-0.39, 0.29) is 12.0 Å². The van der Waals surface area contributed by atoms with Crippen molar-refractivity contribution in [1.29, 1.82) is 0 Å². The minimum absolute atomic E-state index is 0.155. The van der Waals surface area contributed by atoms with Gasteiger partial charge < -0.3 is 15.0 Å². The Kier molecular flexibility index (Phi) is 5.88. The number of nitrogens with one attached hydrogen (secondary N) is 1. The number of amides is 1. The lowest BCUT2D eigenvalue weighted by atomic mass is 10.1. The topological polar surface area (TPSA) is 67.4 Å². The van der Waals surface area contributed by atoms with Crippen LogP contribution in [0.3, 0.4) is 0 Å². The molecule has 7 heteroatoms. The van der Waals surface area contributed by atoms with Gasteiger partial charge in [0.2, 0.25) is 0 Å². The summed E-state index contributed by atoms with van der Waals surface area (Å²) in [5.74, 6) is 0.971. The third-order valence-corrected chi connectivity index (χ3v) is 6.77. The van der Waals surface area contributed by atoms with E-state index in [4.69, 9.17) is 4.74 Å². The number of hydrogen-bond acceptors (Lipinski definition) is 6. The van der Waals surface area contributed by atoms with Crippen LogP contribution >= 0.6 is 11.3 Å². The normalized spacial score (nSPS) is 21.2. The number of carbonyl (C=O) groups excluding carboxylic acids is 1. The molecule has 27 heavy (non-hydrogen) atoms. The summed E-state index contributed by atoms with van der Waals surface area (Å²) in [6.07, 6.45) is 9.97. The molecule has 0 aliphatic carbocycles. The van der Waals surface area contributed by atoms with Crippen LogP contribution in [0.4, 0.5) is 5.82 Å². The summed E-state index contributed by atoms with van der Waals surface area (Å²) >= 11 is 1.50. The summed E-state index contributed by atoms with van der Waals surface area (Å²) in [5, 5.41) is 4.41. The van der Waals surface area contributed by atoms with Gasteiger partial charge in [-0.05, 0) is 38.2 Å². The van der Waals surface area contributed by atoms with Crippen molar-refractivity contribution in [2.45, 2.75) is 58.0 Å². The largest absolute Gasteiger partial charge is 0.376 e. The molecular formula is C20H28N4O2S. The molecule has 146 valence electrons. The van der Waals surface area contributed by atoms with E-state index in [1.54, 1.807) is 6.33 Å². The third-order valence-electron chi connectivity index (χ3n) is 5.59. The van der Waals surface area contributed by atoms with E-state index >= 15 is 0 Å². The van der Waals surface area contributed by atoms with Crippen LogP contribution in [0.25, 0.3) is 10.2 Å². The Morgan fingerprint density at radius 2 is 2.00 bits per heavy atom. The molecule has 2 aliphatic rings. The van der Waals surface area contributed by atoms with Crippen molar-refractivity contribution >= 4 is 33.3 Å². The van der Waals surface area contributed by atoms with Crippen LogP contribution in [-0.2, 0) is 4.74 Å². The van der Waals surface area contributed by atoms with E-state index < -0.39 is 0 Å². The van der Waals surface area contributed by atoms with Crippen molar-refractivity contribution < 1.29 is 9.53 Å². The van der Waals surface area contributed by atoms with Gasteiger partial charge in [0.05, 0.1) is 16.4 Å². The SMILES string of the molecule is Cc1c(C(=O)N2CCCCCCC2)sc2ncnc(NC[C@H]3CCCO3)c12. The lowest BCUT2D eigenvalue weighted by Crippen LogP contribution is -2.33. The summed E-state index contributed by atoms with van der Waals surface area (Å²) in [4.78, 5) is 25.8. The maximum absolute atomic E-state index is 13.2. The minimum Gasteiger partial charge on any atom is -0.376 e. The van der Waals surface area contributed by atoms with Crippen LogP contribution in [-0.4, -0.2) is 53.1 Å². The lowest BCUT2D eigenvalue weighted by Gasteiger charge is -2.24. The lowest BCUT2D eigenvalue weighted by molar-refractivity contribution is 0.0746. The Morgan fingerprint density at radius 1 is 1.22 bits per heavy atom. The number of anilines is 1. The minimum atomic E-state index is 0.155. The quantitative estimate of drug-likeness (QED) is 0.857. The van der Waals surface area contributed by atoms with Crippen molar-refractivity contribution in [2.75, 3.05) is 31.6 Å². The standard InChI is InChI=1S/C20H28N4O2S/c1-14-16-18(21-12-15-8-7-11-26-15)22-13-23-19(16)27-17(14)20(25)24-9-5-3-2-4-6-10-24/h13,15H,2-12H2,1H3,(H,21,22,23)/t15-/m1/s1. The molecule has 2 fully saturated rings. The first-order valence-corrected chi connectivity index (χ1v) is 10.9. The van der Waals surface area contributed by atoms with Crippen LogP contribution in [0.1, 0.15) is 60.2 Å². The van der Waals surface area contributed by atoms with Crippen molar-refractivity contribution in [3.8, 4) is 0 Å². The highest BCUT2D eigenvalue weighted by atomic mass is 32.1. The number of fused-ring (bicyclic) bond motifs is 1. The number of likely N-dealkylation sites (tertiary alicyclic amines) is 1. The highest BCUT2D eigenvalue weighted by molar-refractivity contribution is 7.20. The monoisotopic (exact) mass is 388 g/mol. The van der Waals surface area contributed by atoms with Crippen molar-refractivity contribution in [2.24, 2.45) is 0 Å². The average molecular weight is 389 g/mol. The summed E-state index contributed by atoms with van der Waals surface area (Å²) in [6, 6.07) is 0. The van der Waals surface area contributed by atoms with Gasteiger partial charge in [-0.3, -0.25) is 4.79 Å². The van der Waals surface area contributed by atoms with Gasteiger partial charge in [-0.1, -0.05) is 19.3 Å². The van der Waals surface area contributed by atoms with Crippen LogP contribution in [0.2, 0.25) is 0 Å². The summed E-state index contributed by atoms with van der Waals surface area (Å²) in [6.45, 7) is 5.34. The predicted molar refractivity (Wildman–Crippen MR) is 109 cm³/mol. The van der Waals surface area contributed by atoms with Crippen LogP contribution in [0.15, 0.2) is 6.33 Å². The molecule has 2 aromatic heterocycles. The van der Waals surface area contributed by atoms with E-state index in [2.05, 4.69) is 15.3 Å². The van der Waals surface area contributed by atoms with Crippen molar-refractivity contribution in [3.63, 3.8) is 0 Å². The fraction of sp³-hybridized carbons (Fsp3) is 0.650. The Balaban J connectivity index is 1.57. The second kappa shape index (κ2) is 8.52. The summed E-state index contributed by atoms with van der Waals surface area (Å²) in [7, 11) is 0.